The van der Waals surface area contributed by atoms with Crippen molar-refractivity contribution in [3.05, 3.63) is 70.3 Å². The highest BCUT2D eigenvalue weighted by Crippen LogP contribution is 2.56. The molecule has 0 aromatic heterocycles. The molecule has 1 saturated carbocycles. The lowest BCUT2D eigenvalue weighted by molar-refractivity contribution is -0.163. The first-order chi connectivity index (χ1) is 22.1. The van der Waals surface area contributed by atoms with Crippen molar-refractivity contribution in [2.45, 2.75) is 82.5 Å². The van der Waals surface area contributed by atoms with Gasteiger partial charge in [-0.3, -0.25) is 9.59 Å². The van der Waals surface area contributed by atoms with Crippen molar-refractivity contribution in [3.63, 3.8) is 0 Å². The Bertz CT molecular complexity index is 1730. The number of carboxylic acid groups (broad SMARTS) is 1. The van der Waals surface area contributed by atoms with Gasteiger partial charge in [-0.05, 0) is 111 Å². The Morgan fingerprint density at radius 1 is 1.15 bits per heavy atom. The second kappa shape index (κ2) is 12.1. The van der Waals surface area contributed by atoms with Crippen LogP contribution in [0.25, 0.3) is 0 Å². The van der Waals surface area contributed by atoms with Gasteiger partial charge >= 0.3 is 5.97 Å². The van der Waals surface area contributed by atoms with Crippen LogP contribution in [0, 0.1) is 23.2 Å². The molecule has 0 saturated heterocycles. The number of hydrogen-bond acceptors (Lipinski definition) is 7. The summed E-state index contributed by atoms with van der Waals surface area (Å²) in [6.07, 6.45) is 7.73. The molecule has 2 aliphatic heterocycles. The third-order valence-electron chi connectivity index (χ3n) is 11.7. The van der Waals surface area contributed by atoms with Gasteiger partial charge in [0.05, 0.1) is 29.1 Å². The van der Waals surface area contributed by atoms with Crippen molar-refractivity contribution in [3.8, 4) is 5.75 Å². The summed E-state index contributed by atoms with van der Waals surface area (Å²) in [5.74, 6) is -3.11. The molecule has 6 rings (SSSR count). The molecule has 3 N–H and O–H groups in total. The van der Waals surface area contributed by atoms with Crippen LogP contribution in [0.2, 0.25) is 5.02 Å². The van der Waals surface area contributed by atoms with Crippen LogP contribution in [-0.2, 0) is 26.7 Å². The molecule has 0 radical (unpaired) electrons. The number of anilines is 1. The monoisotopic (exact) mass is 684 g/mol. The summed E-state index contributed by atoms with van der Waals surface area (Å²) in [4.78, 5) is 28.1. The average molecular weight is 685 g/mol. The van der Waals surface area contributed by atoms with Crippen LogP contribution in [0.4, 0.5) is 5.69 Å². The molecule has 1 amide bonds. The van der Waals surface area contributed by atoms with Crippen LogP contribution in [0.1, 0.15) is 81.3 Å². The number of aliphatic hydroxyl groups is 1. The zero-order valence-electron chi connectivity index (χ0n) is 27.5. The second-order valence-electron chi connectivity index (χ2n) is 14.8. The molecule has 2 aromatic rings. The lowest BCUT2D eigenvalue weighted by Crippen LogP contribution is -2.60. The first kappa shape index (κ1) is 33.8. The quantitative estimate of drug-likeness (QED) is 0.342. The number of fused-ring (bicyclic) bond motifs is 4. The van der Waals surface area contributed by atoms with E-state index in [1.807, 2.05) is 12.1 Å². The summed E-state index contributed by atoms with van der Waals surface area (Å²) in [7, 11) is -4.06. The SMILES string of the molecule is C[C@H](C(=O)O)[C@]1(O)/C=C/C[C@H](C)[C@@H](C)S(=O)(=O)NC(=O)c2ccc3c(c2)N(CC2(C)CC[C@H]21)C[C@@]1(CCCc2cc(Cl)ccc21)CO3. The maximum absolute atomic E-state index is 13.5. The topological polar surface area (TPSA) is 133 Å². The molecular formula is C36H45ClN2O7S. The number of aryl methyl sites for hydroxylation is 1. The molecule has 11 heteroatoms. The van der Waals surface area contributed by atoms with E-state index in [0.717, 1.165) is 25.7 Å². The summed E-state index contributed by atoms with van der Waals surface area (Å²) in [5.41, 5.74) is 0.684. The van der Waals surface area contributed by atoms with Gasteiger partial charge < -0.3 is 19.8 Å². The van der Waals surface area contributed by atoms with Gasteiger partial charge in [-0.2, -0.15) is 0 Å². The van der Waals surface area contributed by atoms with Gasteiger partial charge in [0.1, 0.15) is 5.75 Å². The first-order valence-electron chi connectivity index (χ1n) is 16.6. The molecule has 2 bridgehead atoms. The van der Waals surface area contributed by atoms with Crippen molar-refractivity contribution < 1.29 is 33.0 Å². The minimum atomic E-state index is -4.06. The Hall–Kier alpha value is -3.08. The zero-order chi connectivity index (χ0) is 33.9. The number of sulfonamides is 1. The number of rotatable bonds is 2. The number of amides is 1. The molecule has 7 atom stereocenters. The van der Waals surface area contributed by atoms with Gasteiger partial charge in [0, 0.05) is 29.1 Å². The third kappa shape index (κ3) is 5.95. The molecule has 2 aromatic carbocycles. The van der Waals surface area contributed by atoms with Crippen molar-refractivity contribution in [1.82, 2.24) is 4.72 Å². The summed E-state index contributed by atoms with van der Waals surface area (Å²) in [6.45, 7) is 8.39. The Morgan fingerprint density at radius 2 is 1.91 bits per heavy atom. The maximum Gasteiger partial charge on any atom is 0.309 e. The van der Waals surface area contributed by atoms with Gasteiger partial charge in [0.15, 0.2) is 0 Å². The van der Waals surface area contributed by atoms with Gasteiger partial charge in [0.2, 0.25) is 10.0 Å². The number of aliphatic carboxylic acids is 1. The fourth-order valence-electron chi connectivity index (χ4n) is 8.44. The Labute approximate surface area is 282 Å². The molecule has 4 aliphatic rings. The highest BCUT2D eigenvalue weighted by molar-refractivity contribution is 7.90. The van der Waals surface area contributed by atoms with E-state index < -0.39 is 55.4 Å². The molecule has 2 aliphatic carbocycles. The number of carbonyl (C=O) groups is 2. The summed E-state index contributed by atoms with van der Waals surface area (Å²) in [5, 5.41) is 22.2. The molecule has 47 heavy (non-hydrogen) atoms. The van der Waals surface area contributed by atoms with E-state index in [2.05, 4.69) is 22.6 Å². The molecule has 1 spiro atoms. The number of carboxylic acids is 1. The number of carbonyl (C=O) groups excluding carboxylic acids is 1. The number of allylic oxidation sites excluding steroid dienone is 1. The van der Waals surface area contributed by atoms with Crippen molar-refractivity contribution >= 4 is 39.2 Å². The molecule has 1 unspecified atom stereocenters. The predicted molar refractivity (Wildman–Crippen MR) is 182 cm³/mol. The van der Waals surface area contributed by atoms with Crippen LogP contribution < -0.4 is 14.4 Å². The van der Waals surface area contributed by atoms with E-state index in [9.17, 15) is 28.2 Å². The first-order valence-corrected chi connectivity index (χ1v) is 18.5. The number of nitrogens with zero attached hydrogens (tertiary/aromatic N) is 1. The van der Waals surface area contributed by atoms with Crippen molar-refractivity contribution in [1.29, 1.82) is 0 Å². The van der Waals surface area contributed by atoms with E-state index in [1.54, 1.807) is 44.2 Å². The number of nitrogens with one attached hydrogen (secondary N) is 1. The van der Waals surface area contributed by atoms with Gasteiger partial charge in [-0.15, -0.1) is 0 Å². The molecule has 2 heterocycles. The van der Waals surface area contributed by atoms with Gasteiger partial charge in [0.25, 0.3) is 5.91 Å². The number of hydrogen-bond donors (Lipinski definition) is 3. The van der Waals surface area contributed by atoms with Crippen LogP contribution in [0.5, 0.6) is 5.75 Å². The van der Waals surface area contributed by atoms with Crippen LogP contribution in [0.3, 0.4) is 0 Å². The summed E-state index contributed by atoms with van der Waals surface area (Å²) >= 11 is 6.41. The molecular weight excluding hydrogens is 640 g/mol. The van der Waals surface area contributed by atoms with Crippen LogP contribution in [-0.4, -0.2) is 61.1 Å². The third-order valence-corrected chi connectivity index (χ3v) is 13.9. The lowest BCUT2D eigenvalue weighted by atomic mass is 9.52. The molecule has 9 nitrogen and oxygen atoms in total. The Morgan fingerprint density at radius 3 is 2.62 bits per heavy atom. The lowest BCUT2D eigenvalue weighted by Gasteiger charge is -2.57. The van der Waals surface area contributed by atoms with E-state index in [-0.39, 0.29) is 17.9 Å². The minimum Gasteiger partial charge on any atom is -0.490 e. The zero-order valence-corrected chi connectivity index (χ0v) is 29.0. The van der Waals surface area contributed by atoms with E-state index in [4.69, 9.17) is 16.3 Å². The van der Waals surface area contributed by atoms with Crippen LogP contribution >= 0.6 is 11.6 Å². The number of benzene rings is 2. The number of ether oxygens (including phenoxy) is 1. The Kier molecular flexibility index (Phi) is 8.71. The molecule has 1 fully saturated rings. The maximum atomic E-state index is 13.5. The van der Waals surface area contributed by atoms with E-state index >= 15 is 0 Å². The molecule has 254 valence electrons. The van der Waals surface area contributed by atoms with Crippen LogP contribution in [0.15, 0.2) is 48.6 Å². The largest absolute Gasteiger partial charge is 0.490 e. The predicted octanol–water partition coefficient (Wildman–Crippen LogP) is 5.73. The summed E-state index contributed by atoms with van der Waals surface area (Å²) in [6, 6.07) is 11.1. The second-order valence-corrected chi connectivity index (χ2v) is 17.2. The normalized spacial score (nSPS) is 34.8. The van der Waals surface area contributed by atoms with Gasteiger partial charge in [-0.1, -0.05) is 43.7 Å². The Balaban J connectivity index is 1.50. The highest BCUT2D eigenvalue weighted by atomic mass is 35.5. The van der Waals surface area contributed by atoms with E-state index in [1.165, 1.54) is 18.1 Å². The highest BCUT2D eigenvalue weighted by Gasteiger charge is 2.57. The smallest absolute Gasteiger partial charge is 0.309 e. The van der Waals surface area contributed by atoms with Gasteiger partial charge in [-0.25, -0.2) is 13.1 Å². The summed E-state index contributed by atoms with van der Waals surface area (Å²) < 4.78 is 35.5. The average Bonchev–Trinajstić information content (AvgIpc) is 3.15. The minimum absolute atomic E-state index is 0.200. The fraction of sp³-hybridized carbons (Fsp3) is 0.556. The van der Waals surface area contributed by atoms with Crippen molar-refractivity contribution in [2.24, 2.45) is 23.2 Å². The standard InChI is InChI=1S/C36H45ClN2O7S/c1-22-7-5-15-36(43,23(2)33(41)42)31-13-16-34(31,4)19-39-20-35(14-6-8-25-17-27(37)10-11-28(25)35)21-46-30-12-9-26(18-29(30)39)32(40)38-47(44,45)24(22)3/h5,9-12,15,17-18,22-24,31,43H,6-8,13-14,16,19-21H2,1-4H3,(H,38,40)(H,41,42)/b15-5+/t22-,23+,24+,31+,34?,35-,36+/m0/s1. The van der Waals surface area contributed by atoms with E-state index in [0.29, 0.717) is 42.6 Å². The number of halogens is 1. The fourth-order valence-corrected chi connectivity index (χ4v) is 9.92. The van der Waals surface area contributed by atoms with Crippen molar-refractivity contribution in [2.75, 3.05) is 24.6 Å².